The van der Waals surface area contributed by atoms with Crippen molar-refractivity contribution in [1.82, 2.24) is 0 Å². The SMILES string of the molecule is COC(=O)C(O)C1CCC(OC)O1. The molecule has 1 heterocycles. The van der Waals surface area contributed by atoms with Gasteiger partial charge >= 0.3 is 5.97 Å². The summed E-state index contributed by atoms with van der Waals surface area (Å²) >= 11 is 0. The topological polar surface area (TPSA) is 65.0 Å². The smallest absolute Gasteiger partial charge is 0.337 e. The monoisotopic (exact) mass is 190 g/mol. The van der Waals surface area contributed by atoms with Crippen LogP contribution in [0.5, 0.6) is 0 Å². The fraction of sp³-hybridized carbons (Fsp3) is 0.875. The number of rotatable bonds is 3. The molecule has 0 aliphatic carbocycles. The van der Waals surface area contributed by atoms with Crippen LogP contribution in [-0.2, 0) is 19.0 Å². The molecule has 1 fully saturated rings. The Morgan fingerprint density at radius 1 is 1.54 bits per heavy atom. The highest BCUT2D eigenvalue weighted by molar-refractivity contribution is 5.74. The van der Waals surface area contributed by atoms with Crippen LogP contribution < -0.4 is 0 Å². The second-order valence-electron chi connectivity index (χ2n) is 2.89. The molecular formula is C8H14O5. The van der Waals surface area contributed by atoms with Crippen LogP contribution in [0, 0.1) is 0 Å². The highest BCUT2D eigenvalue weighted by atomic mass is 16.7. The van der Waals surface area contributed by atoms with Gasteiger partial charge in [0.05, 0.1) is 13.2 Å². The molecule has 1 aliphatic rings. The quantitative estimate of drug-likeness (QED) is 0.617. The van der Waals surface area contributed by atoms with E-state index in [1.54, 1.807) is 0 Å². The second-order valence-corrected chi connectivity index (χ2v) is 2.89. The minimum absolute atomic E-state index is 0.315. The van der Waals surface area contributed by atoms with E-state index in [0.717, 1.165) is 0 Å². The number of hydrogen-bond acceptors (Lipinski definition) is 5. The molecule has 3 atom stereocenters. The van der Waals surface area contributed by atoms with Crippen LogP contribution in [0.4, 0.5) is 0 Å². The van der Waals surface area contributed by atoms with Crippen molar-refractivity contribution in [1.29, 1.82) is 0 Å². The molecule has 0 spiro atoms. The van der Waals surface area contributed by atoms with Gasteiger partial charge in [-0.3, -0.25) is 0 Å². The fourth-order valence-electron chi connectivity index (χ4n) is 1.31. The maximum absolute atomic E-state index is 10.9. The van der Waals surface area contributed by atoms with Crippen molar-refractivity contribution in [3.05, 3.63) is 0 Å². The van der Waals surface area contributed by atoms with Gasteiger partial charge in [0.1, 0.15) is 0 Å². The predicted molar refractivity (Wildman–Crippen MR) is 42.9 cm³/mol. The van der Waals surface area contributed by atoms with Crippen LogP contribution in [0.25, 0.3) is 0 Å². The van der Waals surface area contributed by atoms with E-state index >= 15 is 0 Å². The number of esters is 1. The highest BCUT2D eigenvalue weighted by Gasteiger charge is 2.35. The molecule has 1 N–H and O–H groups in total. The molecule has 3 unspecified atom stereocenters. The van der Waals surface area contributed by atoms with Crippen LogP contribution in [0.3, 0.4) is 0 Å². The Morgan fingerprint density at radius 2 is 2.23 bits per heavy atom. The Labute approximate surface area is 76.6 Å². The molecule has 76 valence electrons. The summed E-state index contributed by atoms with van der Waals surface area (Å²) in [5, 5.41) is 9.38. The molecule has 0 aromatic heterocycles. The van der Waals surface area contributed by atoms with Gasteiger partial charge in [-0.1, -0.05) is 0 Å². The van der Waals surface area contributed by atoms with E-state index in [2.05, 4.69) is 4.74 Å². The summed E-state index contributed by atoms with van der Waals surface area (Å²) in [4.78, 5) is 10.9. The van der Waals surface area contributed by atoms with E-state index in [1.807, 2.05) is 0 Å². The standard InChI is InChI=1S/C8H14O5/c1-11-6-4-3-5(13-6)7(9)8(10)12-2/h5-7,9H,3-4H2,1-2H3. The minimum atomic E-state index is -1.20. The van der Waals surface area contributed by atoms with Crippen molar-refractivity contribution in [2.24, 2.45) is 0 Å². The summed E-state index contributed by atoms with van der Waals surface area (Å²) in [5.74, 6) is -0.665. The molecule has 0 radical (unpaired) electrons. The highest BCUT2D eigenvalue weighted by Crippen LogP contribution is 2.22. The first-order valence-electron chi connectivity index (χ1n) is 4.13. The van der Waals surface area contributed by atoms with Crippen LogP contribution in [-0.4, -0.2) is 43.8 Å². The third kappa shape index (κ3) is 2.40. The largest absolute Gasteiger partial charge is 0.467 e. The van der Waals surface area contributed by atoms with Gasteiger partial charge in [-0.05, 0) is 6.42 Å². The molecule has 1 saturated heterocycles. The molecule has 5 nitrogen and oxygen atoms in total. The van der Waals surface area contributed by atoms with Crippen molar-refractivity contribution in [3.63, 3.8) is 0 Å². The van der Waals surface area contributed by atoms with Crippen molar-refractivity contribution < 1.29 is 24.1 Å². The van der Waals surface area contributed by atoms with Gasteiger partial charge in [0.2, 0.25) is 0 Å². The van der Waals surface area contributed by atoms with Gasteiger partial charge in [0.25, 0.3) is 0 Å². The lowest BCUT2D eigenvalue weighted by atomic mass is 10.1. The van der Waals surface area contributed by atoms with Gasteiger partial charge in [0.15, 0.2) is 12.4 Å². The first kappa shape index (κ1) is 10.4. The average Bonchev–Trinajstić information content (AvgIpc) is 2.63. The third-order valence-electron chi connectivity index (χ3n) is 2.07. The molecule has 0 bridgehead atoms. The zero-order chi connectivity index (χ0) is 9.84. The molecule has 0 aromatic rings. The molecular weight excluding hydrogens is 176 g/mol. The van der Waals surface area contributed by atoms with Crippen LogP contribution in [0.2, 0.25) is 0 Å². The van der Waals surface area contributed by atoms with E-state index in [-0.39, 0.29) is 6.29 Å². The van der Waals surface area contributed by atoms with Crippen molar-refractivity contribution in [3.8, 4) is 0 Å². The van der Waals surface area contributed by atoms with Crippen molar-refractivity contribution >= 4 is 5.97 Å². The second kappa shape index (κ2) is 4.55. The van der Waals surface area contributed by atoms with Gasteiger partial charge in [-0.2, -0.15) is 0 Å². The minimum Gasteiger partial charge on any atom is -0.467 e. The summed E-state index contributed by atoms with van der Waals surface area (Å²) in [7, 11) is 2.76. The number of ether oxygens (including phenoxy) is 3. The first-order valence-corrected chi connectivity index (χ1v) is 4.13. The van der Waals surface area contributed by atoms with Crippen molar-refractivity contribution in [2.45, 2.75) is 31.3 Å². The Hall–Kier alpha value is -0.650. The molecule has 13 heavy (non-hydrogen) atoms. The van der Waals surface area contributed by atoms with E-state index in [4.69, 9.17) is 9.47 Å². The summed E-state index contributed by atoms with van der Waals surface area (Å²) in [5.41, 5.74) is 0. The Bertz CT molecular complexity index is 181. The Kier molecular flexibility index (Phi) is 3.65. The molecule has 0 amide bonds. The van der Waals surface area contributed by atoms with Gasteiger partial charge in [-0.15, -0.1) is 0 Å². The lowest BCUT2D eigenvalue weighted by molar-refractivity contribution is -0.170. The fourth-order valence-corrected chi connectivity index (χ4v) is 1.31. The van der Waals surface area contributed by atoms with Gasteiger partial charge in [0, 0.05) is 13.5 Å². The zero-order valence-corrected chi connectivity index (χ0v) is 7.73. The number of methoxy groups -OCH3 is 2. The van der Waals surface area contributed by atoms with Gasteiger partial charge in [-0.25, -0.2) is 4.79 Å². The number of hydrogen-bond donors (Lipinski definition) is 1. The molecule has 0 saturated carbocycles. The van der Waals surface area contributed by atoms with Gasteiger partial charge < -0.3 is 19.3 Å². The van der Waals surface area contributed by atoms with Crippen LogP contribution in [0.1, 0.15) is 12.8 Å². The zero-order valence-electron chi connectivity index (χ0n) is 7.73. The summed E-state index contributed by atoms with van der Waals surface area (Å²) in [6.07, 6.45) is -0.726. The van der Waals surface area contributed by atoms with Crippen molar-refractivity contribution in [2.75, 3.05) is 14.2 Å². The Balaban J connectivity index is 2.41. The molecule has 1 aliphatic heterocycles. The van der Waals surface area contributed by atoms with E-state index in [0.29, 0.717) is 12.8 Å². The molecule has 1 rings (SSSR count). The summed E-state index contributed by atoms with van der Waals surface area (Å²) in [6, 6.07) is 0. The van der Waals surface area contributed by atoms with E-state index in [9.17, 15) is 9.90 Å². The van der Waals surface area contributed by atoms with Crippen LogP contribution in [0.15, 0.2) is 0 Å². The maximum Gasteiger partial charge on any atom is 0.337 e. The summed E-state index contributed by atoms with van der Waals surface area (Å²) < 4.78 is 14.5. The Morgan fingerprint density at radius 3 is 2.69 bits per heavy atom. The molecule has 5 heteroatoms. The first-order chi connectivity index (χ1) is 6.19. The van der Waals surface area contributed by atoms with E-state index < -0.39 is 18.2 Å². The average molecular weight is 190 g/mol. The number of aliphatic hydroxyl groups is 1. The number of carbonyl (C=O) groups excluding carboxylic acids is 1. The van der Waals surface area contributed by atoms with E-state index in [1.165, 1.54) is 14.2 Å². The number of carbonyl (C=O) groups is 1. The third-order valence-corrected chi connectivity index (χ3v) is 2.07. The maximum atomic E-state index is 10.9. The van der Waals surface area contributed by atoms with Crippen LogP contribution >= 0.6 is 0 Å². The number of aliphatic hydroxyl groups excluding tert-OH is 1. The lowest BCUT2D eigenvalue weighted by Gasteiger charge is -2.16. The normalized spacial score (nSPS) is 30.1. The summed E-state index contributed by atoms with van der Waals surface area (Å²) in [6.45, 7) is 0. The predicted octanol–water partition coefficient (Wildman–Crippen LogP) is -0.328. The lowest BCUT2D eigenvalue weighted by Crippen LogP contribution is -2.35. The molecule has 0 aromatic carbocycles.